The van der Waals surface area contributed by atoms with Crippen molar-refractivity contribution in [2.75, 3.05) is 10.6 Å². The van der Waals surface area contributed by atoms with Gasteiger partial charge in [-0.15, -0.1) is 0 Å². The Morgan fingerprint density at radius 2 is 0.872 bits per heavy atom. The molecular weight excluding hydrogens is 620 g/mol. The van der Waals surface area contributed by atoms with Crippen molar-refractivity contribution < 1.29 is 63.5 Å². The van der Waals surface area contributed by atoms with Gasteiger partial charge in [-0.1, -0.05) is 24.3 Å². The maximum atomic E-state index is 12.5. The molecule has 6 rings (SSSR count). The van der Waals surface area contributed by atoms with E-state index in [4.69, 9.17) is 26.2 Å². The summed E-state index contributed by atoms with van der Waals surface area (Å²) in [5.74, 6) is -7.87. The molecule has 4 atom stereocenters. The van der Waals surface area contributed by atoms with Gasteiger partial charge in [-0.3, -0.25) is 19.2 Å². The number of carboxylic acids is 4. The van der Waals surface area contributed by atoms with E-state index < -0.39 is 47.5 Å². The Labute approximate surface area is 265 Å². The van der Waals surface area contributed by atoms with Crippen LogP contribution in [0.4, 0.5) is 11.4 Å². The zero-order valence-corrected chi connectivity index (χ0v) is 24.4. The molecule has 244 valence electrons. The first-order chi connectivity index (χ1) is 22.2. The number of hydrogen-bond donors (Lipinski definition) is 5. The first kappa shape index (κ1) is 33.8. The molecule has 6 N–H and O–H groups in total. The number of rotatable bonds is 5. The molecule has 4 aliphatic rings. The number of aromatic carboxylic acids is 4. The fourth-order valence-electron chi connectivity index (χ4n) is 5.53. The number of nitrogens with two attached hydrogens (primary N) is 1. The number of hydrogen-bond acceptors (Lipinski definition) is 10. The molecule has 0 aromatic heterocycles. The molecular formula is C32H28N2O13. The second kappa shape index (κ2) is 13.9. The molecule has 0 radical (unpaired) electrons. The highest BCUT2D eigenvalue weighted by atomic mass is 16.6. The maximum Gasteiger partial charge on any atom is 0.335 e. The number of cyclic esters (lactones) is 2. The molecule has 0 saturated carbocycles. The van der Waals surface area contributed by atoms with Gasteiger partial charge in [-0.2, -0.15) is 0 Å². The average Bonchev–Trinajstić information content (AvgIpc) is 3.47. The summed E-state index contributed by atoms with van der Waals surface area (Å²) >= 11 is 0. The molecule has 2 heterocycles. The molecule has 15 heteroatoms. The fraction of sp³-hybridized carbons (Fsp3) is 0.250. The molecule has 47 heavy (non-hydrogen) atoms. The van der Waals surface area contributed by atoms with Crippen molar-refractivity contribution in [2.24, 2.45) is 23.7 Å². The van der Waals surface area contributed by atoms with Gasteiger partial charge >= 0.3 is 35.8 Å². The molecule has 0 bridgehead atoms. The van der Waals surface area contributed by atoms with Crippen molar-refractivity contribution in [3.05, 3.63) is 83.0 Å². The van der Waals surface area contributed by atoms with E-state index in [-0.39, 0.29) is 57.4 Å². The second-order valence-corrected chi connectivity index (χ2v) is 10.9. The number of amides is 2. The molecule has 2 saturated heterocycles. The Balaban J connectivity index is 0.000000176. The second-order valence-electron chi connectivity index (χ2n) is 10.9. The number of imide groups is 1. The van der Waals surface area contributed by atoms with Crippen LogP contribution in [0.15, 0.2) is 60.7 Å². The molecule has 15 nitrogen and oxygen atoms in total. The van der Waals surface area contributed by atoms with Gasteiger partial charge in [0.2, 0.25) is 11.8 Å². The van der Waals surface area contributed by atoms with Crippen molar-refractivity contribution in [2.45, 2.75) is 25.7 Å². The normalized spacial score (nSPS) is 22.2. The SMILES string of the molecule is Nc1cc(C(=O)O)cc(C(=O)O)c1.O=C(O)c1cc(C(=O)O)cc(N2C(=O)C3CC=CCC3C2=O)c1.O=C1OC(=O)C2CC=CCC12. The Bertz CT molecular complexity index is 1640. The van der Waals surface area contributed by atoms with E-state index in [0.717, 1.165) is 29.2 Å². The lowest BCUT2D eigenvalue weighted by Gasteiger charge is -2.16. The summed E-state index contributed by atoms with van der Waals surface area (Å²) < 4.78 is 4.49. The number of ether oxygens (including phenoxy) is 1. The van der Waals surface area contributed by atoms with E-state index in [0.29, 0.717) is 25.7 Å². The van der Waals surface area contributed by atoms with Crippen LogP contribution in [0.1, 0.15) is 67.1 Å². The van der Waals surface area contributed by atoms with Crippen LogP contribution in [0.2, 0.25) is 0 Å². The summed E-state index contributed by atoms with van der Waals surface area (Å²) in [6.07, 6.45) is 9.78. The van der Waals surface area contributed by atoms with E-state index in [1.165, 1.54) is 12.1 Å². The number of nitrogen functional groups attached to an aromatic ring is 1. The first-order valence-electron chi connectivity index (χ1n) is 14.1. The quantitative estimate of drug-likeness (QED) is 0.103. The zero-order valence-electron chi connectivity index (χ0n) is 24.4. The Morgan fingerprint density at radius 1 is 0.553 bits per heavy atom. The minimum Gasteiger partial charge on any atom is -0.478 e. The summed E-state index contributed by atoms with van der Waals surface area (Å²) in [6.45, 7) is 0. The highest BCUT2D eigenvalue weighted by Gasteiger charge is 2.48. The van der Waals surface area contributed by atoms with Gasteiger partial charge in [-0.25, -0.2) is 24.1 Å². The van der Waals surface area contributed by atoms with Crippen molar-refractivity contribution in [3.8, 4) is 0 Å². The molecule has 2 aromatic carbocycles. The van der Waals surface area contributed by atoms with Crippen LogP contribution in [-0.2, 0) is 23.9 Å². The lowest BCUT2D eigenvalue weighted by molar-refractivity contribution is -0.153. The van der Waals surface area contributed by atoms with Crippen LogP contribution >= 0.6 is 0 Å². The van der Waals surface area contributed by atoms with Crippen LogP contribution in [0, 0.1) is 23.7 Å². The van der Waals surface area contributed by atoms with Crippen LogP contribution in [0.3, 0.4) is 0 Å². The number of benzene rings is 2. The number of carbonyl (C=O) groups is 8. The largest absolute Gasteiger partial charge is 0.478 e. The van der Waals surface area contributed by atoms with Crippen molar-refractivity contribution in [1.82, 2.24) is 0 Å². The summed E-state index contributed by atoms with van der Waals surface area (Å²) in [5.41, 5.74) is 4.60. The number of carbonyl (C=O) groups excluding carboxylic acids is 4. The Hall–Kier alpha value is -6.12. The van der Waals surface area contributed by atoms with Crippen LogP contribution < -0.4 is 10.6 Å². The standard InChI is InChI=1S/C16H13NO6.C8H7NO4.C8H8O3/c18-13-11-3-1-2-4-12(11)14(19)17(13)10-6-8(15(20)21)5-9(7-10)16(22)23;9-6-2-4(7(10)11)1-5(3-6)8(12)13;9-7-5-3-1-2-4-6(5)8(10)11-7/h1-2,5-7,11-12H,3-4H2,(H,20,21)(H,22,23);1-3H,9H2,(H,10,11)(H,12,13);1-2,5-6H,3-4H2. The van der Waals surface area contributed by atoms with E-state index >= 15 is 0 Å². The van der Waals surface area contributed by atoms with Gasteiger partial charge in [-0.05, 0) is 62.1 Å². The summed E-state index contributed by atoms with van der Waals surface area (Å²) in [4.78, 5) is 91.1. The number of allylic oxidation sites excluding steroid dienone is 4. The lowest BCUT2D eigenvalue weighted by Crippen LogP contribution is -2.31. The number of anilines is 2. The Kier molecular flexibility index (Phi) is 9.98. The Morgan fingerprint density at radius 3 is 1.21 bits per heavy atom. The van der Waals surface area contributed by atoms with E-state index in [2.05, 4.69) is 4.74 Å². The first-order valence-corrected chi connectivity index (χ1v) is 14.1. The predicted molar refractivity (Wildman–Crippen MR) is 159 cm³/mol. The molecule has 2 fully saturated rings. The molecule has 0 spiro atoms. The lowest BCUT2D eigenvalue weighted by atomic mass is 9.85. The van der Waals surface area contributed by atoms with Crippen molar-refractivity contribution >= 4 is 59.0 Å². The summed E-state index contributed by atoms with van der Waals surface area (Å²) in [5, 5.41) is 35.3. The number of nitrogens with zero attached hydrogens (tertiary/aromatic N) is 1. The monoisotopic (exact) mass is 648 g/mol. The van der Waals surface area contributed by atoms with Gasteiger partial charge in [0.05, 0.1) is 51.6 Å². The third kappa shape index (κ3) is 7.41. The smallest absolute Gasteiger partial charge is 0.335 e. The van der Waals surface area contributed by atoms with Crippen molar-refractivity contribution in [3.63, 3.8) is 0 Å². The third-order valence-corrected chi connectivity index (χ3v) is 7.87. The predicted octanol–water partition coefficient (Wildman–Crippen LogP) is 2.86. The van der Waals surface area contributed by atoms with Crippen LogP contribution in [-0.4, -0.2) is 68.1 Å². The van der Waals surface area contributed by atoms with Crippen molar-refractivity contribution in [1.29, 1.82) is 0 Å². The summed E-state index contributed by atoms with van der Waals surface area (Å²) in [6, 6.07) is 6.75. The van der Waals surface area contributed by atoms with Crippen LogP contribution in [0.25, 0.3) is 0 Å². The zero-order chi connectivity index (χ0) is 34.6. The van der Waals surface area contributed by atoms with Crippen LogP contribution in [0.5, 0.6) is 0 Å². The minimum atomic E-state index is -1.33. The fourth-order valence-corrected chi connectivity index (χ4v) is 5.53. The number of fused-ring (bicyclic) bond motifs is 2. The number of esters is 2. The third-order valence-electron chi connectivity index (χ3n) is 7.87. The average molecular weight is 649 g/mol. The minimum absolute atomic E-state index is 0.00769. The van der Waals surface area contributed by atoms with Gasteiger partial charge in [0, 0.05) is 5.69 Å². The molecule has 2 aliphatic carbocycles. The highest BCUT2D eigenvalue weighted by Crippen LogP contribution is 2.38. The molecule has 2 amide bonds. The van der Waals surface area contributed by atoms with E-state index in [1.807, 2.05) is 24.3 Å². The number of carboxylic acid groups (broad SMARTS) is 4. The van der Waals surface area contributed by atoms with E-state index in [1.54, 1.807) is 0 Å². The summed E-state index contributed by atoms with van der Waals surface area (Å²) in [7, 11) is 0. The van der Waals surface area contributed by atoms with Gasteiger partial charge in [0.25, 0.3) is 0 Å². The van der Waals surface area contributed by atoms with E-state index in [9.17, 15) is 38.4 Å². The van der Waals surface area contributed by atoms with Gasteiger partial charge in [0.1, 0.15) is 0 Å². The van der Waals surface area contributed by atoms with Gasteiger partial charge < -0.3 is 30.9 Å². The molecule has 2 aromatic rings. The molecule has 2 aliphatic heterocycles. The molecule has 4 unspecified atom stereocenters. The topological polar surface area (TPSA) is 256 Å². The highest BCUT2D eigenvalue weighted by molar-refractivity contribution is 6.22. The maximum absolute atomic E-state index is 12.5. The van der Waals surface area contributed by atoms with Gasteiger partial charge in [0.15, 0.2) is 0 Å².